The highest BCUT2D eigenvalue weighted by molar-refractivity contribution is 7.91. The number of rotatable bonds is 6. The van der Waals surface area contributed by atoms with Crippen LogP contribution < -0.4 is 4.74 Å². The lowest BCUT2D eigenvalue weighted by atomic mass is 9.97. The molecule has 6 nitrogen and oxygen atoms in total. The maximum absolute atomic E-state index is 12.8. The third kappa shape index (κ3) is 5.28. The van der Waals surface area contributed by atoms with Gasteiger partial charge in [0.25, 0.3) is 0 Å². The standard InChI is InChI=1S/C23H26NO5S/c1-2-3-17-29-21-9-11-22(12-10-21)30(27,28)18-19-13-15-24(26,16-14-19)23(25)20-7-5-4-6-8-20/h4-12,19,26H,13-18H2,1H3/q+1. The normalized spacial score (nSPS) is 21.3. The van der Waals surface area contributed by atoms with E-state index in [4.69, 9.17) is 4.74 Å². The zero-order chi connectivity index (χ0) is 21.6. The van der Waals surface area contributed by atoms with E-state index in [0.717, 1.165) is 0 Å². The van der Waals surface area contributed by atoms with Crippen LogP contribution in [-0.2, 0) is 9.84 Å². The summed E-state index contributed by atoms with van der Waals surface area (Å²) in [6, 6.07) is 15.0. The molecular weight excluding hydrogens is 402 g/mol. The Hall–Kier alpha value is -2.66. The first-order chi connectivity index (χ1) is 14.3. The number of hydroxylamine groups is 3. The second kappa shape index (κ2) is 9.43. The van der Waals surface area contributed by atoms with Gasteiger partial charge in [0.1, 0.15) is 25.4 Å². The van der Waals surface area contributed by atoms with Crippen molar-refractivity contribution in [3.05, 3.63) is 60.2 Å². The Bertz CT molecular complexity index is 1030. The van der Waals surface area contributed by atoms with E-state index >= 15 is 0 Å². The summed E-state index contributed by atoms with van der Waals surface area (Å²) in [4.78, 5) is 12.9. The zero-order valence-corrected chi connectivity index (χ0v) is 17.8. The topological polar surface area (TPSA) is 80.7 Å². The summed E-state index contributed by atoms with van der Waals surface area (Å²) in [6.45, 7) is 2.40. The van der Waals surface area contributed by atoms with Gasteiger partial charge in [-0.05, 0) is 49.2 Å². The first-order valence-corrected chi connectivity index (χ1v) is 11.5. The first kappa shape index (κ1) is 22.0. The molecule has 3 rings (SSSR count). The van der Waals surface area contributed by atoms with Crippen molar-refractivity contribution in [3.63, 3.8) is 0 Å². The van der Waals surface area contributed by atoms with Crippen LogP contribution in [0.15, 0.2) is 59.5 Å². The van der Waals surface area contributed by atoms with Crippen molar-refractivity contribution >= 4 is 15.7 Å². The molecular formula is C23H26NO5S+. The van der Waals surface area contributed by atoms with E-state index in [-0.39, 0.29) is 42.2 Å². The summed E-state index contributed by atoms with van der Waals surface area (Å²) in [5, 5.41) is 10.8. The maximum Gasteiger partial charge on any atom is 0.377 e. The monoisotopic (exact) mass is 428 g/mol. The predicted octanol–water partition coefficient (Wildman–Crippen LogP) is 3.32. The van der Waals surface area contributed by atoms with Crippen LogP contribution in [0, 0.1) is 17.8 Å². The number of amides is 1. The molecule has 2 aromatic rings. The molecule has 1 N–H and O–H groups in total. The SMILES string of the molecule is CC#CCOc1ccc(S(=O)(=O)CC2CC[N+](O)(C(=O)c3ccccc3)CC2)cc1. The van der Waals surface area contributed by atoms with Crippen LogP contribution >= 0.6 is 0 Å². The molecule has 0 aliphatic carbocycles. The van der Waals surface area contributed by atoms with Gasteiger partial charge in [-0.3, -0.25) is 0 Å². The van der Waals surface area contributed by atoms with Crippen molar-refractivity contribution in [1.82, 2.24) is 0 Å². The number of carbonyl (C=O) groups excluding carboxylic acids is 1. The molecule has 1 aliphatic heterocycles. The van der Waals surface area contributed by atoms with Crippen molar-refractivity contribution < 1.29 is 27.8 Å². The number of hydrogen-bond donors (Lipinski definition) is 1. The van der Waals surface area contributed by atoms with Crippen LogP contribution in [0.5, 0.6) is 5.75 Å². The number of piperidine rings is 1. The van der Waals surface area contributed by atoms with E-state index in [1.165, 1.54) is 12.1 Å². The lowest BCUT2D eigenvalue weighted by Crippen LogP contribution is -2.55. The fraction of sp³-hybridized carbons (Fsp3) is 0.348. The lowest BCUT2D eigenvalue weighted by Gasteiger charge is -2.34. The van der Waals surface area contributed by atoms with Crippen LogP contribution in [-0.4, -0.2) is 49.6 Å². The minimum atomic E-state index is -3.47. The molecule has 1 aliphatic rings. The van der Waals surface area contributed by atoms with Crippen LogP contribution in [0.3, 0.4) is 0 Å². The summed E-state index contributed by atoms with van der Waals surface area (Å²) in [5.41, 5.74) is 0.457. The van der Waals surface area contributed by atoms with Crippen molar-refractivity contribution in [2.24, 2.45) is 5.92 Å². The predicted molar refractivity (Wildman–Crippen MR) is 113 cm³/mol. The average molecular weight is 429 g/mol. The van der Waals surface area contributed by atoms with E-state index in [1.807, 2.05) is 6.07 Å². The van der Waals surface area contributed by atoms with Gasteiger partial charge in [0.15, 0.2) is 9.84 Å². The van der Waals surface area contributed by atoms with Crippen molar-refractivity contribution in [1.29, 1.82) is 0 Å². The van der Waals surface area contributed by atoms with E-state index in [1.54, 1.807) is 43.3 Å². The third-order valence-corrected chi connectivity index (χ3v) is 7.24. The summed E-state index contributed by atoms with van der Waals surface area (Å²) in [6.07, 6.45) is 0.927. The van der Waals surface area contributed by atoms with E-state index in [9.17, 15) is 18.4 Å². The van der Waals surface area contributed by atoms with Gasteiger partial charge in [-0.15, -0.1) is 10.6 Å². The Labute approximate surface area is 177 Å². The first-order valence-electron chi connectivity index (χ1n) is 9.89. The highest BCUT2D eigenvalue weighted by Crippen LogP contribution is 2.28. The minimum Gasteiger partial charge on any atom is -0.481 e. The molecule has 0 bridgehead atoms. The van der Waals surface area contributed by atoms with Gasteiger partial charge in [-0.1, -0.05) is 24.1 Å². The van der Waals surface area contributed by atoms with Crippen LogP contribution in [0.25, 0.3) is 0 Å². The third-order valence-electron chi connectivity index (χ3n) is 5.34. The number of sulfone groups is 1. The summed E-state index contributed by atoms with van der Waals surface area (Å²) in [7, 11) is -3.47. The van der Waals surface area contributed by atoms with E-state index < -0.39 is 14.5 Å². The fourth-order valence-electron chi connectivity index (χ4n) is 3.58. The second-order valence-electron chi connectivity index (χ2n) is 7.45. The largest absolute Gasteiger partial charge is 0.481 e. The van der Waals surface area contributed by atoms with Crippen molar-refractivity contribution in [2.75, 3.05) is 25.4 Å². The van der Waals surface area contributed by atoms with Gasteiger partial charge in [0, 0.05) is 12.8 Å². The smallest absolute Gasteiger partial charge is 0.377 e. The van der Waals surface area contributed by atoms with Gasteiger partial charge in [-0.25, -0.2) is 18.4 Å². The van der Waals surface area contributed by atoms with E-state index in [0.29, 0.717) is 24.2 Å². The molecule has 1 saturated heterocycles. The minimum absolute atomic E-state index is 0.00591. The molecule has 0 saturated carbocycles. The Morgan fingerprint density at radius 2 is 1.73 bits per heavy atom. The summed E-state index contributed by atoms with van der Waals surface area (Å²) >= 11 is 0. The Kier molecular flexibility index (Phi) is 6.93. The molecule has 1 amide bonds. The van der Waals surface area contributed by atoms with E-state index in [2.05, 4.69) is 11.8 Å². The lowest BCUT2D eigenvalue weighted by molar-refractivity contribution is -1.04. The van der Waals surface area contributed by atoms with Gasteiger partial charge in [0.2, 0.25) is 0 Å². The summed E-state index contributed by atoms with van der Waals surface area (Å²) < 4.78 is 30.3. The molecule has 1 heterocycles. The molecule has 0 radical (unpaired) electrons. The number of nitrogens with zero attached hydrogens (tertiary/aromatic N) is 1. The van der Waals surface area contributed by atoms with Gasteiger partial charge in [0.05, 0.1) is 16.2 Å². The molecule has 2 aromatic carbocycles. The van der Waals surface area contributed by atoms with Crippen LogP contribution in [0.1, 0.15) is 30.1 Å². The number of hydrogen-bond acceptors (Lipinski definition) is 5. The second-order valence-corrected chi connectivity index (χ2v) is 9.49. The Morgan fingerprint density at radius 1 is 1.10 bits per heavy atom. The number of quaternary nitrogens is 1. The molecule has 158 valence electrons. The number of ether oxygens (including phenoxy) is 1. The number of carbonyl (C=O) groups is 1. The molecule has 7 heteroatoms. The zero-order valence-electron chi connectivity index (χ0n) is 17.0. The van der Waals surface area contributed by atoms with Crippen LogP contribution in [0.2, 0.25) is 0 Å². The molecule has 0 atom stereocenters. The molecule has 1 fully saturated rings. The Balaban J connectivity index is 1.59. The fourth-order valence-corrected chi connectivity index (χ4v) is 5.28. The summed E-state index contributed by atoms with van der Waals surface area (Å²) in [5.74, 6) is 5.62. The number of benzene rings is 2. The average Bonchev–Trinajstić information content (AvgIpc) is 2.76. The molecule has 30 heavy (non-hydrogen) atoms. The maximum atomic E-state index is 12.8. The van der Waals surface area contributed by atoms with Crippen molar-refractivity contribution in [2.45, 2.75) is 24.7 Å². The molecule has 0 aromatic heterocycles. The van der Waals surface area contributed by atoms with Gasteiger partial charge in [-0.2, -0.15) is 0 Å². The molecule has 0 unspecified atom stereocenters. The number of likely N-dealkylation sites (tertiary alicyclic amines) is 1. The van der Waals surface area contributed by atoms with Gasteiger partial charge < -0.3 is 4.74 Å². The Morgan fingerprint density at radius 3 is 2.33 bits per heavy atom. The molecule has 0 spiro atoms. The van der Waals surface area contributed by atoms with Crippen molar-refractivity contribution in [3.8, 4) is 17.6 Å². The quantitative estimate of drug-likeness (QED) is 0.434. The highest BCUT2D eigenvalue weighted by atomic mass is 32.2. The highest BCUT2D eigenvalue weighted by Gasteiger charge is 2.41. The van der Waals surface area contributed by atoms with Crippen LogP contribution in [0.4, 0.5) is 0 Å². The van der Waals surface area contributed by atoms with Gasteiger partial charge >= 0.3 is 5.91 Å².